The predicted molar refractivity (Wildman–Crippen MR) is 92.4 cm³/mol. The van der Waals surface area contributed by atoms with Crippen molar-refractivity contribution in [1.29, 1.82) is 0 Å². The van der Waals surface area contributed by atoms with Gasteiger partial charge >= 0.3 is 0 Å². The van der Waals surface area contributed by atoms with Gasteiger partial charge in [-0.1, -0.05) is 0 Å². The fraction of sp³-hybridized carbons (Fsp3) is 0.368. The van der Waals surface area contributed by atoms with Gasteiger partial charge in [0, 0.05) is 37.1 Å². The number of pyridine rings is 1. The Kier molecular flexibility index (Phi) is 5.28. The molecule has 2 heterocycles. The molecule has 0 radical (unpaired) electrons. The Labute approximate surface area is 145 Å². The number of aliphatic hydroxyl groups excluding tert-OH is 1. The first-order valence-corrected chi connectivity index (χ1v) is 8.50. The Balaban J connectivity index is 1.92. The van der Waals surface area contributed by atoms with Gasteiger partial charge in [-0.2, -0.15) is 0 Å². The molecule has 6 heteroatoms. The summed E-state index contributed by atoms with van der Waals surface area (Å²) in [5.74, 6) is -0.529. The van der Waals surface area contributed by atoms with Crippen LogP contribution in [0, 0.1) is 5.82 Å². The number of rotatable bonds is 4. The lowest BCUT2D eigenvalue weighted by Crippen LogP contribution is -2.44. The molecule has 1 fully saturated rings. The molecule has 0 spiro atoms. The first-order valence-electron chi connectivity index (χ1n) is 8.50. The van der Waals surface area contributed by atoms with Crippen molar-refractivity contribution in [2.75, 3.05) is 13.2 Å². The van der Waals surface area contributed by atoms with E-state index >= 15 is 0 Å². The highest BCUT2D eigenvalue weighted by Crippen LogP contribution is 2.22. The summed E-state index contributed by atoms with van der Waals surface area (Å²) in [6.07, 6.45) is 4.92. The van der Waals surface area contributed by atoms with Gasteiger partial charge in [0.25, 0.3) is 11.5 Å². The molecule has 132 valence electrons. The van der Waals surface area contributed by atoms with Gasteiger partial charge in [0.15, 0.2) is 0 Å². The standard InChI is InChI=1S/C19H21FN2O3/c20-15-5-7-17(8-6-15)22-13-14(4-9-18(22)24)19(25)21-11-2-1-3-16(21)10-12-23/h4-9,13,16,23H,1-3,10-12H2. The molecule has 2 aromatic rings. The van der Waals surface area contributed by atoms with Gasteiger partial charge in [-0.3, -0.25) is 14.2 Å². The molecule has 1 aliphatic heterocycles. The van der Waals surface area contributed by atoms with Gasteiger partial charge in [0.1, 0.15) is 5.82 Å². The molecule has 1 aromatic carbocycles. The van der Waals surface area contributed by atoms with Crippen LogP contribution < -0.4 is 5.56 Å². The van der Waals surface area contributed by atoms with Gasteiger partial charge in [-0.05, 0) is 56.0 Å². The smallest absolute Gasteiger partial charge is 0.255 e. The molecular weight excluding hydrogens is 323 g/mol. The summed E-state index contributed by atoms with van der Waals surface area (Å²) in [6.45, 7) is 0.697. The lowest BCUT2D eigenvalue weighted by molar-refractivity contribution is 0.0574. The monoisotopic (exact) mass is 344 g/mol. The van der Waals surface area contributed by atoms with E-state index < -0.39 is 0 Å². The average molecular weight is 344 g/mol. The fourth-order valence-electron chi connectivity index (χ4n) is 3.30. The van der Waals surface area contributed by atoms with Crippen LogP contribution in [0.25, 0.3) is 5.69 Å². The Morgan fingerprint density at radius 2 is 1.92 bits per heavy atom. The Morgan fingerprint density at radius 3 is 2.64 bits per heavy atom. The molecule has 1 aliphatic rings. The number of halogens is 1. The van der Waals surface area contributed by atoms with Gasteiger partial charge in [0.05, 0.1) is 5.56 Å². The largest absolute Gasteiger partial charge is 0.396 e. The number of carbonyl (C=O) groups is 1. The third-order valence-corrected chi connectivity index (χ3v) is 4.61. The highest BCUT2D eigenvalue weighted by molar-refractivity contribution is 5.94. The second-order valence-electron chi connectivity index (χ2n) is 6.26. The van der Waals surface area contributed by atoms with Crippen LogP contribution in [-0.4, -0.2) is 39.7 Å². The molecule has 5 nitrogen and oxygen atoms in total. The van der Waals surface area contributed by atoms with E-state index in [1.165, 1.54) is 47.2 Å². The summed E-state index contributed by atoms with van der Waals surface area (Å²) >= 11 is 0. The van der Waals surface area contributed by atoms with Crippen molar-refractivity contribution in [1.82, 2.24) is 9.47 Å². The maximum absolute atomic E-state index is 13.1. The molecule has 0 aliphatic carbocycles. The third kappa shape index (κ3) is 3.79. The summed E-state index contributed by atoms with van der Waals surface area (Å²) in [5.41, 5.74) is 0.633. The number of piperidine rings is 1. The molecule has 3 rings (SSSR count). The zero-order valence-corrected chi connectivity index (χ0v) is 13.9. The highest BCUT2D eigenvalue weighted by atomic mass is 19.1. The van der Waals surface area contributed by atoms with Crippen LogP contribution in [0.4, 0.5) is 4.39 Å². The molecule has 25 heavy (non-hydrogen) atoms. The summed E-state index contributed by atoms with van der Waals surface area (Å²) in [5, 5.41) is 9.23. The quantitative estimate of drug-likeness (QED) is 0.926. The number of likely N-dealkylation sites (tertiary alicyclic amines) is 1. The summed E-state index contributed by atoms with van der Waals surface area (Å²) in [4.78, 5) is 26.8. The number of aromatic nitrogens is 1. The first-order chi connectivity index (χ1) is 12.1. The highest BCUT2D eigenvalue weighted by Gasteiger charge is 2.27. The molecule has 1 amide bonds. The number of hydrogen-bond donors (Lipinski definition) is 1. The van der Waals surface area contributed by atoms with E-state index in [1.54, 1.807) is 4.90 Å². The molecule has 1 N–H and O–H groups in total. The molecule has 1 atom stereocenters. The Hall–Kier alpha value is -2.47. The van der Waals surface area contributed by atoms with Crippen LogP contribution in [0.5, 0.6) is 0 Å². The van der Waals surface area contributed by atoms with Crippen molar-refractivity contribution in [3.05, 3.63) is 64.3 Å². The van der Waals surface area contributed by atoms with Crippen LogP contribution in [0.1, 0.15) is 36.0 Å². The maximum atomic E-state index is 13.1. The number of aliphatic hydroxyl groups is 1. The van der Waals surface area contributed by atoms with Crippen LogP contribution >= 0.6 is 0 Å². The van der Waals surface area contributed by atoms with E-state index in [1.807, 2.05) is 0 Å². The van der Waals surface area contributed by atoms with E-state index in [0.29, 0.717) is 24.2 Å². The zero-order valence-electron chi connectivity index (χ0n) is 13.9. The van der Waals surface area contributed by atoms with Gasteiger partial charge in [-0.25, -0.2) is 4.39 Å². The van der Waals surface area contributed by atoms with Crippen LogP contribution in [0.15, 0.2) is 47.4 Å². The topological polar surface area (TPSA) is 62.5 Å². The van der Waals surface area contributed by atoms with Crippen molar-refractivity contribution >= 4 is 5.91 Å². The van der Waals surface area contributed by atoms with Crippen molar-refractivity contribution in [3.8, 4) is 5.69 Å². The van der Waals surface area contributed by atoms with Gasteiger partial charge in [-0.15, -0.1) is 0 Å². The predicted octanol–water partition coefficient (Wildman–Crippen LogP) is 2.35. The minimum Gasteiger partial charge on any atom is -0.396 e. The number of carbonyl (C=O) groups excluding carboxylic acids is 1. The lowest BCUT2D eigenvalue weighted by atomic mass is 9.98. The van der Waals surface area contributed by atoms with E-state index in [0.717, 1.165) is 19.3 Å². The number of amides is 1. The third-order valence-electron chi connectivity index (χ3n) is 4.61. The first kappa shape index (κ1) is 17.4. The van der Waals surface area contributed by atoms with Crippen LogP contribution in [0.2, 0.25) is 0 Å². The fourth-order valence-corrected chi connectivity index (χ4v) is 3.30. The minimum atomic E-state index is -0.385. The second kappa shape index (κ2) is 7.61. The number of nitrogens with zero attached hydrogens (tertiary/aromatic N) is 2. The summed E-state index contributed by atoms with van der Waals surface area (Å²) < 4.78 is 14.4. The maximum Gasteiger partial charge on any atom is 0.255 e. The SMILES string of the molecule is O=C(c1ccc(=O)n(-c2ccc(F)cc2)c1)N1CCCCC1CCO. The van der Waals surface area contributed by atoms with Crippen molar-refractivity contribution in [2.24, 2.45) is 0 Å². The van der Waals surface area contributed by atoms with Crippen molar-refractivity contribution in [3.63, 3.8) is 0 Å². The number of hydrogen-bond acceptors (Lipinski definition) is 3. The zero-order chi connectivity index (χ0) is 17.8. The van der Waals surface area contributed by atoms with Crippen LogP contribution in [0.3, 0.4) is 0 Å². The lowest BCUT2D eigenvalue weighted by Gasteiger charge is -2.35. The van der Waals surface area contributed by atoms with E-state index in [4.69, 9.17) is 0 Å². The minimum absolute atomic E-state index is 0.0254. The molecule has 1 aromatic heterocycles. The Bertz CT molecular complexity index is 799. The summed E-state index contributed by atoms with van der Waals surface area (Å²) in [6, 6.07) is 8.45. The molecule has 0 saturated carbocycles. The number of benzene rings is 1. The van der Waals surface area contributed by atoms with Crippen molar-refractivity contribution < 1.29 is 14.3 Å². The average Bonchev–Trinajstić information content (AvgIpc) is 2.63. The van der Waals surface area contributed by atoms with Crippen molar-refractivity contribution in [2.45, 2.75) is 31.7 Å². The summed E-state index contributed by atoms with van der Waals surface area (Å²) in [7, 11) is 0. The van der Waals surface area contributed by atoms with E-state index in [2.05, 4.69) is 0 Å². The normalized spacial score (nSPS) is 17.5. The van der Waals surface area contributed by atoms with Gasteiger partial charge in [0.2, 0.25) is 0 Å². The molecule has 1 unspecified atom stereocenters. The second-order valence-corrected chi connectivity index (χ2v) is 6.26. The Morgan fingerprint density at radius 1 is 1.16 bits per heavy atom. The molecule has 1 saturated heterocycles. The van der Waals surface area contributed by atoms with E-state index in [-0.39, 0.29) is 29.9 Å². The molecule has 0 bridgehead atoms. The van der Waals surface area contributed by atoms with E-state index in [9.17, 15) is 19.1 Å². The van der Waals surface area contributed by atoms with Gasteiger partial charge < -0.3 is 10.0 Å². The van der Waals surface area contributed by atoms with Crippen LogP contribution in [-0.2, 0) is 0 Å². The molecular formula is C19H21FN2O3.